The number of esters is 1. The van der Waals surface area contributed by atoms with E-state index in [0.717, 1.165) is 0 Å². The van der Waals surface area contributed by atoms with E-state index in [1.54, 1.807) is 42.6 Å². The first-order chi connectivity index (χ1) is 10.6. The average Bonchev–Trinajstić information content (AvgIpc) is 2.53. The number of halogens is 3. The van der Waals surface area contributed by atoms with Crippen LogP contribution in [0.4, 0.5) is 0 Å². The molecule has 0 N–H and O–H groups in total. The maximum Gasteiger partial charge on any atom is 0.343 e. The number of fused-ring (bicyclic) bond motifs is 1. The second kappa shape index (κ2) is 6.13. The molecule has 0 atom stereocenters. The standard InChI is InChI=1S/C16H8Cl3NO2/c17-11-5-6-14(15-10(11)2-1-7-20-15)22-16(21)9-3-4-12(18)13(19)8-9/h1-8H. The summed E-state index contributed by atoms with van der Waals surface area (Å²) in [5.74, 6) is -0.219. The van der Waals surface area contributed by atoms with Gasteiger partial charge in [0.05, 0.1) is 20.6 Å². The van der Waals surface area contributed by atoms with Crippen molar-refractivity contribution in [2.24, 2.45) is 0 Å². The largest absolute Gasteiger partial charge is 0.421 e. The SMILES string of the molecule is O=C(Oc1ccc(Cl)c2cccnc12)c1ccc(Cl)c(Cl)c1. The van der Waals surface area contributed by atoms with Crippen LogP contribution in [0.3, 0.4) is 0 Å². The predicted molar refractivity (Wildman–Crippen MR) is 88.2 cm³/mol. The number of aromatic nitrogens is 1. The molecule has 0 saturated carbocycles. The summed E-state index contributed by atoms with van der Waals surface area (Å²) < 4.78 is 5.40. The highest BCUT2D eigenvalue weighted by molar-refractivity contribution is 6.42. The fraction of sp³-hybridized carbons (Fsp3) is 0. The molecule has 3 nitrogen and oxygen atoms in total. The third-order valence-electron chi connectivity index (χ3n) is 3.04. The fourth-order valence-electron chi connectivity index (χ4n) is 1.98. The van der Waals surface area contributed by atoms with Gasteiger partial charge in [0.1, 0.15) is 5.52 Å². The lowest BCUT2D eigenvalue weighted by molar-refractivity contribution is 0.0737. The minimum Gasteiger partial charge on any atom is -0.421 e. The highest BCUT2D eigenvalue weighted by atomic mass is 35.5. The zero-order valence-corrected chi connectivity index (χ0v) is 13.3. The van der Waals surface area contributed by atoms with Crippen LogP contribution in [0.1, 0.15) is 10.4 Å². The van der Waals surface area contributed by atoms with Crippen LogP contribution in [0, 0.1) is 0 Å². The van der Waals surface area contributed by atoms with Crippen molar-refractivity contribution >= 4 is 51.7 Å². The second-order valence-corrected chi connectivity index (χ2v) is 5.69. The molecule has 0 aliphatic rings. The van der Waals surface area contributed by atoms with E-state index in [9.17, 15) is 4.79 Å². The first-order valence-electron chi connectivity index (χ1n) is 6.27. The molecule has 0 spiro atoms. The van der Waals surface area contributed by atoms with Gasteiger partial charge in [-0.15, -0.1) is 0 Å². The highest BCUT2D eigenvalue weighted by Gasteiger charge is 2.14. The molecular formula is C16H8Cl3NO2. The average molecular weight is 353 g/mol. The van der Waals surface area contributed by atoms with E-state index in [1.165, 1.54) is 6.07 Å². The number of carbonyl (C=O) groups excluding carboxylic acids is 1. The van der Waals surface area contributed by atoms with Crippen LogP contribution in [-0.2, 0) is 0 Å². The monoisotopic (exact) mass is 351 g/mol. The molecule has 6 heteroatoms. The van der Waals surface area contributed by atoms with Crippen LogP contribution in [0.25, 0.3) is 10.9 Å². The molecule has 0 amide bonds. The normalized spacial score (nSPS) is 10.7. The van der Waals surface area contributed by atoms with Crippen LogP contribution in [0.5, 0.6) is 5.75 Å². The number of hydrogen-bond donors (Lipinski definition) is 0. The van der Waals surface area contributed by atoms with E-state index < -0.39 is 5.97 Å². The molecule has 1 heterocycles. The summed E-state index contributed by atoms with van der Waals surface area (Å²) >= 11 is 17.8. The predicted octanol–water partition coefficient (Wildman–Crippen LogP) is 5.41. The summed E-state index contributed by atoms with van der Waals surface area (Å²) in [5.41, 5.74) is 0.817. The smallest absolute Gasteiger partial charge is 0.343 e. The zero-order chi connectivity index (χ0) is 15.7. The molecule has 2 aromatic carbocycles. The van der Waals surface area contributed by atoms with Crippen molar-refractivity contribution in [3.63, 3.8) is 0 Å². The van der Waals surface area contributed by atoms with Gasteiger partial charge >= 0.3 is 5.97 Å². The Hall–Kier alpha value is -1.81. The van der Waals surface area contributed by atoms with Gasteiger partial charge in [-0.05, 0) is 42.5 Å². The Labute approximate surface area is 141 Å². The molecule has 110 valence electrons. The second-order valence-electron chi connectivity index (χ2n) is 4.46. The molecule has 3 aromatic rings. The van der Waals surface area contributed by atoms with Crippen molar-refractivity contribution in [2.45, 2.75) is 0 Å². The van der Waals surface area contributed by atoms with Crippen LogP contribution < -0.4 is 4.74 Å². The fourth-order valence-corrected chi connectivity index (χ4v) is 2.49. The molecule has 0 aliphatic heterocycles. The summed E-state index contributed by atoms with van der Waals surface area (Å²) in [6, 6.07) is 11.4. The maximum absolute atomic E-state index is 12.2. The number of nitrogens with zero attached hydrogens (tertiary/aromatic N) is 1. The van der Waals surface area contributed by atoms with Crippen LogP contribution in [0.15, 0.2) is 48.7 Å². The van der Waals surface area contributed by atoms with Crippen molar-refractivity contribution in [1.82, 2.24) is 4.98 Å². The summed E-state index contributed by atoms with van der Waals surface area (Å²) in [6.07, 6.45) is 1.61. The van der Waals surface area contributed by atoms with Crippen molar-refractivity contribution < 1.29 is 9.53 Å². The molecular weight excluding hydrogens is 345 g/mol. The van der Waals surface area contributed by atoms with Gasteiger partial charge in [0.15, 0.2) is 5.75 Å². The quantitative estimate of drug-likeness (QED) is 0.457. The molecule has 0 saturated heterocycles. The van der Waals surface area contributed by atoms with Gasteiger partial charge in [-0.2, -0.15) is 0 Å². The lowest BCUT2D eigenvalue weighted by atomic mass is 10.2. The molecule has 1 aromatic heterocycles. The van der Waals surface area contributed by atoms with Gasteiger partial charge in [-0.1, -0.05) is 34.8 Å². The molecule has 0 unspecified atom stereocenters. The molecule has 22 heavy (non-hydrogen) atoms. The Balaban J connectivity index is 1.98. The molecule has 0 aliphatic carbocycles. The van der Waals surface area contributed by atoms with Gasteiger partial charge in [0.25, 0.3) is 0 Å². The Morgan fingerprint density at radius 3 is 2.50 bits per heavy atom. The Morgan fingerprint density at radius 1 is 0.955 bits per heavy atom. The van der Waals surface area contributed by atoms with Crippen LogP contribution in [0.2, 0.25) is 15.1 Å². The highest BCUT2D eigenvalue weighted by Crippen LogP contribution is 2.30. The van der Waals surface area contributed by atoms with E-state index in [1.807, 2.05) is 0 Å². The van der Waals surface area contributed by atoms with Crippen molar-refractivity contribution in [1.29, 1.82) is 0 Å². The number of ether oxygens (including phenoxy) is 1. The van der Waals surface area contributed by atoms with E-state index in [-0.39, 0.29) is 5.02 Å². The summed E-state index contributed by atoms with van der Waals surface area (Å²) in [4.78, 5) is 16.4. The van der Waals surface area contributed by atoms with Crippen LogP contribution >= 0.6 is 34.8 Å². The molecule has 0 fully saturated rings. The van der Waals surface area contributed by atoms with Crippen molar-refractivity contribution in [3.05, 3.63) is 69.3 Å². The van der Waals surface area contributed by atoms with E-state index >= 15 is 0 Å². The lowest BCUT2D eigenvalue weighted by Crippen LogP contribution is -2.09. The third kappa shape index (κ3) is 2.88. The van der Waals surface area contributed by atoms with Crippen LogP contribution in [-0.4, -0.2) is 11.0 Å². The number of rotatable bonds is 2. The van der Waals surface area contributed by atoms with E-state index in [2.05, 4.69) is 4.98 Å². The van der Waals surface area contributed by atoms with Crippen molar-refractivity contribution in [3.8, 4) is 5.75 Å². The maximum atomic E-state index is 12.2. The Bertz CT molecular complexity index is 880. The van der Waals surface area contributed by atoms with E-state index in [4.69, 9.17) is 39.5 Å². The van der Waals surface area contributed by atoms with Crippen molar-refractivity contribution in [2.75, 3.05) is 0 Å². The Morgan fingerprint density at radius 2 is 1.73 bits per heavy atom. The lowest BCUT2D eigenvalue weighted by Gasteiger charge is -2.08. The summed E-state index contributed by atoms with van der Waals surface area (Å²) in [6.45, 7) is 0. The summed E-state index contributed by atoms with van der Waals surface area (Å²) in [5, 5.41) is 1.91. The number of hydrogen-bond acceptors (Lipinski definition) is 3. The zero-order valence-electron chi connectivity index (χ0n) is 11.0. The van der Waals surface area contributed by atoms with Gasteiger partial charge < -0.3 is 4.74 Å². The third-order valence-corrected chi connectivity index (χ3v) is 4.11. The Kier molecular flexibility index (Phi) is 4.21. The molecule has 0 bridgehead atoms. The summed E-state index contributed by atoms with van der Waals surface area (Å²) in [7, 11) is 0. The number of benzene rings is 2. The first-order valence-corrected chi connectivity index (χ1v) is 7.40. The topological polar surface area (TPSA) is 39.2 Å². The minimum atomic E-state index is -0.548. The van der Waals surface area contributed by atoms with E-state index in [0.29, 0.717) is 32.3 Å². The van der Waals surface area contributed by atoms with Gasteiger partial charge in [-0.3, -0.25) is 4.98 Å². The molecule has 3 rings (SSSR count). The number of carbonyl (C=O) groups is 1. The molecule has 0 radical (unpaired) electrons. The van der Waals surface area contributed by atoms with Gasteiger partial charge in [0.2, 0.25) is 0 Å². The van der Waals surface area contributed by atoms with Gasteiger partial charge in [-0.25, -0.2) is 4.79 Å². The minimum absolute atomic E-state index is 0.287. The first kappa shape index (κ1) is 15.1. The van der Waals surface area contributed by atoms with Gasteiger partial charge in [0, 0.05) is 11.6 Å². The number of pyridine rings is 1.